The minimum absolute atomic E-state index is 0.0982. The molecule has 5 heteroatoms. The summed E-state index contributed by atoms with van der Waals surface area (Å²) in [4.78, 5) is 23.2. The molecule has 2 amide bonds. The molecule has 2 unspecified atom stereocenters. The Balaban J connectivity index is 2.86. The summed E-state index contributed by atoms with van der Waals surface area (Å²) in [7, 11) is 0. The number of amides is 2. The Morgan fingerprint density at radius 2 is 2.00 bits per heavy atom. The Labute approximate surface area is 113 Å². The maximum atomic E-state index is 11.9. The fourth-order valence-electron chi connectivity index (χ4n) is 1.70. The van der Waals surface area contributed by atoms with Crippen molar-refractivity contribution in [1.29, 1.82) is 0 Å². The molecule has 104 valence electrons. The van der Waals surface area contributed by atoms with Crippen LogP contribution in [0.25, 0.3) is 0 Å². The Bertz CT molecular complexity index is 486. The molecule has 0 aliphatic rings. The molecule has 0 radical (unpaired) electrons. The number of nitrogens with two attached hydrogens (primary N) is 2. The average Bonchev–Trinajstić information content (AvgIpc) is 2.38. The number of rotatable bonds is 5. The molecular formula is C14H21N3O2. The van der Waals surface area contributed by atoms with Gasteiger partial charge < -0.3 is 16.8 Å². The molecule has 5 nitrogen and oxygen atoms in total. The van der Waals surface area contributed by atoms with Gasteiger partial charge in [0, 0.05) is 11.3 Å². The van der Waals surface area contributed by atoms with E-state index in [0.717, 1.165) is 12.0 Å². The van der Waals surface area contributed by atoms with Crippen molar-refractivity contribution in [1.82, 2.24) is 0 Å². The van der Waals surface area contributed by atoms with Gasteiger partial charge >= 0.3 is 0 Å². The molecule has 5 N–H and O–H groups in total. The number of anilines is 1. The zero-order valence-corrected chi connectivity index (χ0v) is 11.6. The first-order valence-electron chi connectivity index (χ1n) is 6.33. The van der Waals surface area contributed by atoms with Crippen molar-refractivity contribution in [3.8, 4) is 0 Å². The highest BCUT2D eigenvalue weighted by Gasteiger charge is 2.19. The van der Waals surface area contributed by atoms with Crippen LogP contribution in [-0.4, -0.2) is 17.9 Å². The number of nitrogens with one attached hydrogen (secondary N) is 1. The van der Waals surface area contributed by atoms with Crippen LogP contribution in [0.5, 0.6) is 0 Å². The first kappa shape index (κ1) is 15.2. The van der Waals surface area contributed by atoms with E-state index in [1.54, 1.807) is 25.1 Å². The molecule has 2 atom stereocenters. The Hall–Kier alpha value is -1.88. The summed E-state index contributed by atoms with van der Waals surface area (Å²) in [6.45, 7) is 5.69. The van der Waals surface area contributed by atoms with Crippen molar-refractivity contribution < 1.29 is 9.59 Å². The SMILES string of the molecule is CCC(C)C(N)C(=O)Nc1ccc(C)c(C(N)=O)c1. The molecule has 0 bridgehead atoms. The molecule has 0 saturated carbocycles. The van der Waals surface area contributed by atoms with E-state index in [2.05, 4.69) is 5.32 Å². The van der Waals surface area contributed by atoms with E-state index in [9.17, 15) is 9.59 Å². The molecule has 1 aromatic carbocycles. The molecular weight excluding hydrogens is 242 g/mol. The first-order chi connectivity index (χ1) is 8.86. The van der Waals surface area contributed by atoms with Crippen LogP contribution >= 0.6 is 0 Å². The summed E-state index contributed by atoms with van der Waals surface area (Å²) in [5.41, 5.74) is 12.8. The van der Waals surface area contributed by atoms with Gasteiger partial charge in [-0.2, -0.15) is 0 Å². The lowest BCUT2D eigenvalue weighted by Crippen LogP contribution is -2.40. The number of primary amides is 1. The van der Waals surface area contributed by atoms with E-state index >= 15 is 0 Å². The molecule has 0 heterocycles. The van der Waals surface area contributed by atoms with Crippen LogP contribution in [-0.2, 0) is 4.79 Å². The van der Waals surface area contributed by atoms with Gasteiger partial charge in [0.05, 0.1) is 6.04 Å². The fraction of sp³-hybridized carbons (Fsp3) is 0.429. The zero-order valence-electron chi connectivity index (χ0n) is 11.6. The fourth-order valence-corrected chi connectivity index (χ4v) is 1.70. The zero-order chi connectivity index (χ0) is 14.6. The van der Waals surface area contributed by atoms with Gasteiger partial charge in [-0.05, 0) is 30.5 Å². The van der Waals surface area contributed by atoms with Crippen LogP contribution in [0, 0.1) is 12.8 Å². The number of hydrogen-bond acceptors (Lipinski definition) is 3. The van der Waals surface area contributed by atoms with Gasteiger partial charge in [-0.15, -0.1) is 0 Å². The van der Waals surface area contributed by atoms with Gasteiger partial charge in [0.1, 0.15) is 0 Å². The monoisotopic (exact) mass is 263 g/mol. The largest absolute Gasteiger partial charge is 0.366 e. The minimum Gasteiger partial charge on any atom is -0.366 e. The van der Waals surface area contributed by atoms with Crippen LogP contribution in [0.15, 0.2) is 18.2 Å². The van der Waals surface area contributed by atoms with Gasteiger partial charge in [-0.1, -0.05) is 26.3 Å². The summed E-state index contributed by atoms with van der Waals surface area (Å²) < 4.78 is 0. The van der Waals surface area contributed by atoms with Crippen molar-refractivity contribution in [2.24, 2.45) is 17.4 Å². The first-order valence-corrected chi connectivity index (χ1v) is 6.33. The van der Waals surface area contributed by atoms with E-state index < -0.39 is 11.9 Å². The second kappa shape index (κ2) is 6.33. The molecule has 0 aliphatic carbocycles. The van der Waals surface area contributed by atoms with Crippen molar-refractivity contribution in [2.45, 2.75) is 33.2 Å². The predicted molar refractivity (Wildman–Crippen MR) is 75.8 cm³/mol. The van der Waals surface area contributed by atoms with Crippen LogP contribution in [0.3, 0.4) is 0 Å². The number of benzene rings is 1. The summed E-state index contributed by atoms with van der Waals surface area (Å²) in [6, 6.07) is 4.47. The lowest BCUT2D eigenvalue weighted by molar-refractivity contribution is -0.118. The standard InChI is InChI=1S/C14H21N3O2/c1-4-8(2)12(15)14(19)17-10-6-5-9(3)11(7-10)13(16)18/h5-8,12H,4,15H2,1-3H3,(H2,16,18)(H,17,19). The molecule has 0 fully saturated rings. The third kappa shape index (κ3) is 3.79. The molecule has 1 aromatic rings. The Morgan fingerprint density at radius 1 is 1.37 bits per heavy atom. The smallest absolute Gasteiger partial charge is 0.249 e. The van der Waals surface area contributed by atoms with Crippen LogP contribution in [0.4, 0.5) is 5.69 Å². The van der Waals surface area contributed by atoms with Crippen molar-refractivity contribution in [3.05, 3.63) is 29.3 Å². The average molecular weight is 263 g/mol. The van der Waals surface area contributed by atoms with Crippen molar-refractivity contribution in [3.63, 3.8) is 0 Å². The third-order valence-corrected chi connectivity index (χ3v) is 3.33. The second-order valence-corrected chi connectivity index (χ2v) is 4.79. The van der Waals surface area contributed by atoms with Crippen molar-refractivity contribution in [2.75, 3.05) is 5.32 Å². The Morgan fingerprint density at radius 3 is 2.53 bits per heavy atom. The maximum absolute atomic E-state index is 11.9. The molecule has 0 aliphatic heterocycles. The number of carbonyl (C=O) groups is 2. The summed E-state index contributed by atoms with van der Waals surface area (Å²) in [5.74, 6) is -0.672. The van der Waals surface area contributed by atoms with Crippen molar-refractivity contribution >= 4 is 17.5 Å². The molecule has 0 aromatic heterocycles. The third-order valence-electron chi connectivity index (χ3n) is 3.33. The predicted octanol–water partition coefficient (Wildman–Crippen LogP) is 1.41. The number of aryl methyl sites for hydroxylation is 1. The molecule has 1 rings (SSSR count). The van der Waals surface area contributed by atoms with Gasteiger partial charge in [-0.25, -0.2) is 0 Å². The van der Waals surface area contributed by atoms with E-state index in [1.165, 1.54) is 0 Å². The topological polar surface area (TPSA) is 98.2 Å². The van der Waals surface area contributed by atoms with Crippen LogP contribution < -0.4 is 16.8 Å². The highest BCUT2D eigenvalue weighted by Crippen LogP contribution is 2.16. The van der Waals surface area contributed by atoms with E-state index in [-0.39, 0.29) is 11.8 Å². The molecule has 0 spiro atoms. The summed E-state index contributed by atoms with van der Waals surface area (Å²) in [5, 5.41) is 2.71. The van der Waals surface area contributed by atoms with E-state index in [1.807, 2.05) is 13.8 Å². The van der Waals surface area contributed by atoms with Gasteiger partial charge in [-0.3, -0.25) is 9.59 Å². The lowest BCUT2D eigenvalue weighted by atomic mass is 9.99. The van der Waals surface area contributed by atoms with Gasteiger partial charge in [0.25, 0.3) is 0 Å². The second-order valence-electron chi connectivity index (χ2n) is 4.79. The highest BCUT2D eigenvalue weighted by molar-refractivity contribution is 5.98. The van der Waals surface area contributed by atoms with Gasteiger partial charge in [0.15, 0.2) is 0 Å². The quantitative estimate of drug-likeness (QED) is 0.749. The molecule has 19 heavy (non-hydrogen) atoms. The van der Waals surface area contributed by atoms with Crippen LogP contribution in [0.2, 0.25) is 0 Å². The highest BCUT2D eigenvalue weighted by atomic mass is 16.2. The maximum Gasteiger partial charge on any atom is 0.249 e. The summed E-state index contributed by atoms with van der Waals surface area (Å²) >= 11 is 0. The Kier molecular flexibility index (Phi) is 5.06. The normalized spacial score (nSPS) is 13.7. The number of carbonyl (C=O) groups excluding carboxylic acids is 2. The number of hydrogen-bond donors (Lipinski definition) is 3. The van der Waals surface area contributed by atoms with E-state index in [4.69, 9.17) is 11.5 Å². The van der Waals surface area contributed by atoms with Crippen LogP contribution in [0.1, 0.15) is 36.2 Å². The summed E-state index contributed by atoms with van der Waals surface area (Å²) in [6.07, 6.45) is 0.828. The van der Waals surface area contributed by atoms with E-state index in [0.29, 0.717) is 11.3 Å². The molecule has 0 saturated heterocycles. The minimum atomic E-state index is -0.566. The van der Waals surface area contributed by atoms with Gasteiger partial charge in [0.2, 0.25) is 11.8 Å². The lowest BCUT2D eigenvalue weighted by Gasteiger charge is -2.18.